The van der Waals surface area contributed by atoms with Crippen LogP contribution in [-0.2, 0) is 11.2 Å². The van der Waals surface area contributed by atoms with Gasteiger partial charge in [0, 0.05) is 12.6 Å². The number of aliphatic carboxylic acids is 1. The lowest BCUT2D eigenvalue weighted by molar-refractivity contribution is -0.142. The number of rotatable bonds is 7. The summed E-state index contributed by atoms with van der Waals surface area (Å²) >= 11 is 0. The second-order valence-electron chi connectivity index (χ2n) is 4.72. The van der Waals surface area contributed by atoms with Crippen molar-refractivity contribution in [3.63, 3.8) is 0 Å². The molecule has 0 fully saturated rings. The summed E-state index contributed by atoms with van der Waals surface area (Å²) in [5, 5.41) is 8.97. The normalized spacial score (nSPS) is 14.1. The molecule has 5 heteroatoms. The van der Waals surface area contributed by atoms with Gasteiger partial charge in [0.1, 0.15) is 11.6 Å². The third kappa shape index (κ3) is 4.59. The van der Waals surface area contributed by atoms with E-state index in [9.17, 15) is 13.6 Å². The first kappa shape index (κ1) is 15.6. The Balaban J connectivity index is 2.73. The molecule has 3 nitrogen and oxygen atoms in total. The summed E-state index contributed by atoms with van der Waals surface area (Å²) in [5.41, 5.74) is 5.83. The van der Waals surface area contributed by atoms with E-state index >= 15 is 0 Å². The second-order valence-corrected chi connectivity index (χ2v) is 4.72. The molecule has 1 aromatic rings. The fourth-order valence-electron chi connectivity index (χ4n) is 2.09. The molecule has 0 bridgehead atoms. The lowest BCUT2D eigenvalue weighted by atomic mass is 9.87. The molecular formula is C14H19F2NO2. The quantitative estimate of drug-likeness (QED) is 0.801. The number of carbonyl (C=O) groups is 1. The summed E-state index contributed by atoms with van der Waals surface area (Å²) < 4.78 is 26.3. The van der Waals surface area contributed by atoms with E-state index in [1.54, 1.807) is 0 Å². The minimum atomic E-state index is -0.930. The highest BCUT2D eigenvalue weighted by molar-refractivity contribution is 5.70. The number of benzene rings is 1. The average Bonchev–Trinajstić information content (AvgIpc) is 2.36. The van der Waals surface area contributed by atoms with Crippen molar-refractivity contribution in [2.45, 2.75) is 26.2 Å². The van der Waals surface area contributed by atoms with Gasteiger partial charge in [-0.25, -0.2) is 8.78 Å². The standard InChI is InChI=1S/C14H19F2NO2/c1-2-9(6-11(8-17)14(18)19)5-10-3-4-12(15)7-13(10)16/h3-4,7,9,11H,2,5-6,8,17H2,1H3,(H,18,19)/t9?,11-/m1/s1. The second kappa shape index (κ2) is 7.19. The molecule has 0 saturated carbocycles. The van der Waals surface area contributed by atoms with Crippen LogP contribution in [0.5, 0.6) is 0 Å². The monoisotopic (exact) mass is 271 g/mol. The van der Waals surface area contributed by atoms with E-state index in [1.165, 1.54) is 12.1 Å². The summed E-state index contributed by atoms with van der Waals surface area (Å²) in [6, 6.07) is 3.47. The third-order valence-electron chi connectivity index (χ3n) is 3.35. The Kier molecular flexibility index (Phi) is 5.89. The maximum Gasteiger partial charge on any atom is 0.307 e. The van der Waals surface area contributed by atoms with E-state index in [0.717, 1.165) is 12.5 Å². The topological polar surface area (TPSA) is 63.3 Å². The lowest BCUT2D eigenvalue weighted by Crippen LogP contribution is -2.26. The van der Waals surface area contributed by atoms with Crippen LogP contribution in [0.15, 0.2) is 18.2 Å². The summed E-state index contributed by atoms with van der Waals surface area (Å²) in [5.74, 6) is -2.73. The Morgan fingerprint density at radius 2 is 2.11 bits per heavy atom. The van der Waals surface area contributed by atoms with E-state index in [1.807, 2.05) is 6.92 Å². The van der Waals surface area contributed by atoms with Crippen LogP contribution in [0.2, 0.25) is 0 Å². The van der Waals surface area contributed by atoms with Crippen LogP contribution < -0.4 is 5.73 Å². The van der Waals surface area contributed by atoms with Gasteiger partial charge in [0.15, 0.2) is 0 Å². The maximum atomic E-state index is 13.5. The zero-order valence-corrected chi connectivity index (χ0v) is 10.9. The summed E-state index contributed by atoms with van der Waals surface area (Å²) in [7, 11) is 0. The molecule has 0 aliphatic carbocycles. The SMILES string of the molecule is CCC(Cc1ccc(F)cc1F)C[C@H](CN)C(=O)O. The van der Waals surface area contributed by atoms with Crippen molar-refractivity contribution in [3.8, 4) is 0 Å². The summed E-state index contributed by atoms with van der Waals surface area (Å²) in [4.78, 5) is 10.9. The Morgan fingerprint density at radius 1 is 1.42 bits per heavy atom. The Hall–Kier alpha value is -1.49. The number of carboxylic acid groups (broad SMARTS) is 1. The van der Waals surface area contributed by atoms with Crippen molar-refractivity contribution in [2.24, 2.45) is 17.6 Å². The number of hydrogen-bond acceptors (Lipinski definition) is 2. The Labute approximate surface area is 111 Å². The molecule has 3 N–H and O–H groups in total. The molecule has 0 heterocycles. The molecule has 0 aliphatic rings. The zero-order chi connectivity index (χ0) is 14.4. The smallest absolute Gasteiger partial charge is 0.307 e. The molecule has 19 heavy (non-hydrogen) atoms. The minimum absolute atomic E-state index is 0.0182. The largest absolute Gasteiger partial charge is 0.481 e. The molecule has 1 rings (SSSR count). The predicted molar refractivity (Wildman–Crippen MR) is 68.6 cm³/mol. The molecule has 106 valence electrons. The zero-order valence-electron chi connectivity index (χ0n) is 10.9. The van der Waals surface area contributed by atoms with E-state index in [-0.39, 0.29) is 12.5 Å². The van der Waals surface area contributed by atoms with E-state index in [2.05, 4.69) is 0 Å². The Morgan fingerprint density at radius 3 is 2.58 bits per heavy atom. The molecule has 1 aromatic carbocycles. The van der Waals surface area contributed by atoms with Gasteiger partial charge >= 0.3 is 5.97 Å². The van der Waals surface area contributed by atoms with Crippen molar-refractivity contribution < 1.29 is 18.7 Å². The fraction of sp³-hybridized carbons (Fsp3) is 0.500. The van der Waals surface area contributed by atoms with E-state index < -0.39 is 23.5 Å². The summed E-state index contributed by atoms with van der Waals surface area (Å²) in [6.07, 6.45) is 1.52. The molecule has 0 saturated heterocycles. The van der Waals surface area contributed by atoms with Gasteiger partial charge in [-0.15, -0.1) is 0 Å². The van der Waals surface area contributed by atoms with Crippen LogP contribution in [0.4, 0.5) is 8.78 Å². The average molecular weight is 271 g/mol. The van der Waals surface area contributed by atoms with Crippen LogP contribution in [-0.4, -0.2) is 17.6 Å². The van der Waals surface area contributed by atoms with Gasteiger partial charge in [-0.05, 0) is 30.4 Å². The minimum Gasteiger partial charge on any atom is -0.481 e. The van der Waals surface area contributed by atoms with Gasteiger partial charge in [-0.1, -0.05) is 19.4 Å². The van der Waals surface area contributed by atoms with Gasteiger partial charge < -0.3 is 10.8 Å². The lowest BCUT2D eigenvalue weighted by Gasteiger charge is -2.19. The number of halogens is 2. The van der Waals surface area contributed by atoms with Crippen molar-refractivity contribution in [2.75, 3.05) is 6.54 Å². The molecule has 2 atom stereocenters. The molecule has 0 radical (unpaired) electrons. The van der Waals surface area contributed by atoms with Crippen molar-refractivity contribution in [3.05, 3.63) is 35.4 Å². The van der Waals surface area contributed by atoms with Gasteiger partial charge in [-0.3, -0.25) is 4.79 Å². The first-order valence-corrected chi connectivity index (χ1v) is 6.34. The molecule has 0 amide bonds. The van der Waals surface area contributed by atoms with Crippen molar-refractivity contribution >= 4 is 5.97 Å². The fourth-order valence-corrected chi connectivity index (χ4v) is 2.09. The molecule has 0 spiro atoms. The highest BCUT2D eigenvalue weighted by Crippen LogP contribution is 2.22. The van der Waals surface area contributed by atoms with Crippen LogP contribution in [0.1, 0.15) is 25.3 Å². The molecule has 0 aliphatic heterocycles. The van der Waals surface area contributed by atoms with E-state index in [4.69, 9.17) is 10.8 Å². The van der Waals surface area contributed by atoms with Crippen LogP contribution in [0.3, 0.4) is 0 Å². The number of nitrogens with two attached hydrogens (primary N) is 1. The van der Waals surface area contributed by atoms with Crippen LogP contribution in [0, 0.1) is 23.5 Å². The highest BCUT2D eigenvalue weighted by Gasteiger charge is 2.21. The molecule has 1 unspecified atom stereocenters. The number of carboxylic acids is 1. The van der Waals surface area contributed by atoms with Crippen molar-refractivity contribution in [1.29, 1.82) is 0 Å². The first-order chi connectivity index (χ1) is 8.97. The highest BCUT2D eigenvalue weighted by atomic mass is 19.1. The third-order valence-corrected chi connectivity index (χ3v) is 3.35. The Bertz CT molecular complexity index is 437. The van der Waals surface area contributed by atoms with Crippen molar-refractivity contribution in [1.82, 2.24) is 0 Å². The van der Waals surface area contributed by atoms with Crippen LogP contribution >= 0.6 is 0 Å². The van der Waals surface area contributed by atoms with Gasteiger partial charge in [-0.2, -0.15) is 0 Å². The maximum absolute atomic E-state index is 13.5. The van der Waals surface area contributed by atoms with Gasteiger partial charge in [0.25, 0.3) is 0 Å². The predicted octanol–water partition coefficient (Wildman–Crippen LogP) is 2.58. The van der Waals surface area contributed by atoms with Crippen LogP contribution in [0.25, 0.3) is 0 Å². The molecular weight excluding hydrogens is 252 g/mol. The van der Waals surface area contributed by atoms with E-state index in [0.29, 0.717) is 18.4 Å². The van der Waals surface area contributed by atoms with Gasteiger partial charge in [0.2, 0.25) is 0 Å². The van der Waals surface area contributed by atoms with Gasteiger partial charge in [0.05, 0.1) is 5.92 Å². The molecule has 0 aromatic heterocycles. The first-order valence-electron chi connectivity index (χ1n) is 6.34. The number of hydrogen-bond donors (Lipinski definition) is 2. The summed E-state index contributed by atoms with van der Waals surface area (Å²) in [6.45, 7) is 1.99.